The molecule has 0 heterocycles. The number of methoxy groups -OCH3 is 1. The molecule has 2 rings (SSSR count). The zero-order valence-corrected chi connectivity index (χ0v) is 14.0. The summed E-state index contributed by atoms with van der Waals surface area (Å²) in [6.07, 6.45) is 0. The van der Waals surface area contributed by atoms with Crippen LogP contribution in [0.1, 0.15) is 0 Å². The van der Waals surface area contributed by atoms with Gasteiger partial charge in [-0.15, -0.1) is 0 Å². The largest absolute Gasteiger partial charge is 0.495 e. The van der Waals surface area contributed by atoms with Crippen LogP contribution in [-0.2, 0) is 4.79 Å². The van der Waals surface area contributed by atoms with Crippen molar-refractivity contribution in [1.29, 1.82) is 0 Å². The number of carbonyl (C=O) groups is 1. The van der Waals surface area contributed by atoms with E-state index in [9.17, 15) is 9.18 Å². The van der Waals surface area contributed by atoms with Crippen LogP contribution in [0.2, 0.25) is 5.02 Å². The van der Waals surface area contributed by atoms with Crippen molar-refractivity contribution in [3.63, 3.8) is 0 Å². The fraction of sp³-hybridized carbons (Fsp3) is 0.133. The molecule has 0 radical (unpaired) electrons. The van der Waals surface area contributed by atoms with Crippen LogP contribution >= 0.6 is 27.5 Å². The summed E-state index contributed by atoms with van der Waals surface area (Å²) in [6.45, 7) is -0.0891. The molecule has 0 aromatic heterocycles. The van der Waals surface area contributed by atoms with E-state index in [4.69, 9.17) is 16.3 Å². The van der Waals surface area contributed by atoms with Gasteiger partial charge in [-0.05, 0) is 36.4 Å². The van der Waals surface area contributed by atoms with Crippen LogP contribution in [0.3, 0.4) is 0 Å². The highest BCUT2D eigenvalue weighted by molar-refractivity contribution is 9.10. The monoisotopic (exact) mass is 386 g/mol. The summed E-state index contributed by atoms with van der Waals surface area (Å²) in [6, 6.07) is 9.44. The van der Waals surface area contributed by atoms with Gasteiger partial charge in [0.15, 0.2) is 0 Å². The van der Waals surface area contributed by atoms with Gasteiger partial charge in [-0.2, -0.15) is 0 Å². The predicted octanol–water partition coefficient (Wildman–Crippen LogP) is 4.30. The van der Waals surface area contributed by atoms with E-state index < -0.39 is 5.82 Å². The third-order valence-corrected chi connectivity index (χ3v) is 3.53. The van der Waals surface area contributed by atoms with Gasteiger partial charge in [0.25, 0.3) is 0 Å². The highest BCUT2D eigenvalue weighted by atomic mass is 79.9. The first-order valence-corrected chi connectivity index (χ1v) is 7.49. The highest BCUT2D eigenvalue weighted by Gasteiger charge is 2.09. The average Bonchev–Trinajstić information content (AvgIpc) is 2.46. The van der Waals surface area contributed by atoms with Crippen molar-refractivity contribution >= 4 is 44.8 Å². The molecule has 116 valence electrons. The summed E-state index contributed by atoms with van der Waals surface area (Å²) < 4.78 is 19.4. The predicted molar refractivity (Wildman–Crippen MR) is 89.2 cm³/mol. The molecule has 0 aliphatic rings. The number of benzene rings is 2. The van der Waals surface area contributed by atoms with Gasteiger partial charge in [0.05, 0.1) is 25.0 Å². The Labute approximate surface area is 140 Å². The lowest BCUT2D eigenvalue weighted by molar-refractivity contribution is -0.114. The summed E-state index contributed by atoms with van der Waals surface area (Å²) in [7, 11) is 1.49. The number of halogens is 3. The molecule has 0 unspecified atom stereocenters. The van der Waals surface area contributed by atoms with Crippen LogP contribution in [0.25, 0.3) is 0 Å². The van der Waals surface area contributed by atoms with Gasteiger partial charge in [-0.1, -0.05) is 27.5 Å². The summed E-state index contributed by atoms with van der Waals surface area (Å²) in [5, 5.41) is 5.87. The normalized spacial score (nSPS) is 10.2. The van der Waals surface area contributed by atoms with Crippen LogP contribution in [0.4, 0.5) is 15.8 Å². The average molecular weight is 388 g/mol. The summed E-state index contributed by atoms with van der Waals surface area (Å²) in [5.74, 6) is -0.294. The SMILES string of the molecule is COc1ccc(Cl)cc1NC(=O)CNc1ccc(Br)cc1F. The smallest absolute Gasteiger partial charge is 0.243 e. The quantitative estimate of drug-likeness (QED) is 0.804. The number of hydrogen-bond acceptors (Lipinski definition) is 3. The first-order chi connectivity index (χ1) is 10.5. The van der Waals surface area contributed by atoms with Gasteiger partial charge in [0.1, 0.15) is 11.6 Å². The van der Waals surface area contributed by atoms with E-state index >= 15 is 0 Å². The molecule has 0 bridgehead atoms. The van der Waals surface area contributed by atoms with E-state index in [2.05, 4.69) is 26.6 Å². The number of ether oxygens (including phenoxy) is 1. The standard InChI is InChI=1S/C15H13BrClFN2O2/c1-22-14-5-3-10(17)7-13(14)20-15(21)8-19-12-4-2-9(16)6-11(12)18/h2-7,19H,8H2,1H3,(H,20,21). The lowest BCUT2D eigenvalue weighted by Gasteiger charge is -2.12. The van der Waals surface area contributed by atoms with Gasteiger partial charge in [-0.3, -0.25) is 4.79 Å². The molecule has 7 heteroatoms. The lowest BCUT2D eigenvalue weighted by atomic mass is 10.3. The molecule has 2 N–H and O–H groups in total. The molecule has 22 heavy (non-hydrogen) atoms. The molecule has 1 amide bonds. The van der Waals surface area contributed by atoms with Crippen LogP contribution in [0.5, 0.6) is 5.75 Å². The topological polar surface area (TPSA) is 50.4 Å². The second kappa shape index (κ2) is 7.47. The zero-order chi connectivity index (χ0) is 16.1. The van der Waals surface area contributed by atoms with Crippen molar-refractivity contribution in [2.75, 3.05) is 24.3 Å². The minimum absolute atomic E-state index is 0.0891. The molecule has 2 aromatic carbocycles. The molecule has 4 nitrogen and oxygen atoms in total. The molecule has 0 saturated heterocycles. The highest BCUT2D eigenvalue weighted by Crippen LogP contribution is 2.27. The van der Waals surface area contributed by atoms with E-state index in [1.165, 1.54) is 13.2 Å². The minimum Gasteiger partial charge on any atom is -0.495 e. The number of amides is 1. The maximum atomic E-state index is 13.6. The van der Waals surface area contributed by atoms with Crippen molar-refractivity contribution < 1.29 is 13.9 Å². The van der Waals surface area contributed by atoms with Gasteiger partial charge >= 0.3 is 0 Å². The van der Waals surface area contributed by atoms with Crippen molar-refractivity contribution in [3.05, 3.63) is 51.7 Å². The van der Waals surface area contributed by atoms with E-state index in [0.717, 1.165) is 0 Å². The second-order valence-electron chi connectivity index (χ2n) is 4.37. The molecule has 0 aliphatic carbocycles. The molecule has 0 saturated carbocycles. The van der Waals surface area contributed by atoms with Crippen molar-refractivity contribution in [1.82, 2.24) is 0 Å². The Balaban J connectivity index is 2.00. The fourth-order valence-electron chi connectivity index (χ4n) is 1.78. The molecule has 0 aliphatic heterocycles. The first kappa shape index (κ1) is 16.6. The van der Waals surface area contributed by atoms with Gasteiger partial charge in [0.2, 0.25) is 5.91 Å². The van der Waals surface area contributed by atoms with Crippen LogP contribution in [-0.4, -0.2) is 19.6 Å². The number of hydrogen-bond donors (Lipinski definition) is 2. The lowest BCUT2D eigenvalue weighted by Crippen LogP contribution is -2.22. The number of rotatable bonds is 5. The Morgan fingerprint density at radius 3 is 2.73 bits per heavy atom. The fourth-order valence-corrected chi connectivity index (χ4v) is 2.29. The van der Waals surface area contributed by atoms with Crippen molar-refractivity contribution in [2.45, 2.75) is 0 Å². The second-order valence-corrected chi connectivity index (χ2v) is 5.72. The van der Waals surface area contributed by atoms with Gasteiger partial charge < -0.3 is 15.4 Å². The third-order valence-electron chi connectivity index (χ3n) is 2.81. The maximum Gasteiger partial charge on any atom is 0.243 e. The van der Waals surface area contributed by atoms with E-state index in [1.54, 1.807) is 30.3 Å². The van der Waals surface area contributed by atoms with E-state index in [0.29, 0.717) is 20.9 Å². The van der Waals surface area contributed by atoms with E-state index in [1.807, 2.05) is 0 Å². The summed E-state index contributed by atoms with van der Waals surface area (Å²) in [5.41, 5.74) is 0.703. The Morgan fingerprint density at radius 1 is 1.27 bits per heavy atom. The first-order valence-electron chi connectivity index (χ1n) is 6.32. The Kier molecular flexibility index (Phi) is 5.63. The summed E-state index contributed by atoms with van der Waals surface area (Å²) in [4.78, 5) is 11.9. The molecule has 0 atom stereocenters. The Hall–Kier alpha value is -1.79. The Bertz CT molecular complexity index is 697. The molecule has 0 spiro atoms. The maximum absolute atomic E-state index is 13.6. The van der Waals surface area contributed by atoms with Gasteiger partial charge in [-0.25, -0.2) is 4.39 Å². The van der Waals surface area contributed by atoms with Crippen LogP contribution in [0, 0.1) is 5.82 Å². The van der Waals surface area contributed by atoms with Crippen molar-refractivity contribution in [3.8, 4) is 5.75 Å². The van der Waals surface area contributed by atoms with Crippen LogP contribution < -0.4 is 15.4 Å². The molecular formula is C15H13BrClFN2O2. The van der Waals surface area contributed by atoms with E-state index in [-0.39, 0.29) is 18.1 Å². The van der Waals surface area contributed by atoms with Crippen molar-refractivity contribution in [2.24, 2.45) is 0 Å². The number of carbonyl (C=O) groups excluding carboxylic acids is 1. The van der Waals surface area contributed by atoms with Crippen LogP contribution in [0.15, 0.2) is 40.9 Å². The summed E-state index contributed by atoms with van der Waals surface area (Å²) >= 11 is 9.06. The molecular weight excluding hydrogens is 375 g/mol. The molecule has 0 fully saturated rings. The third kappa shape index (κ3) is 4.35. The number of nitrogens with one attached hydrogen (secondary N) is 2. The minimum atomic E-state index is -0.442. The number of anilines is 2. The van der Waals surface area contributed by atoms with Gasteiger partial charge in [0, 0.05) is 9.50 Å². The molecule has 2 aromatic rings. The zero-order valence-electron chi connectivity index (χ0n) is 11.6. The Morgan fingerprint density at radius 2 is 2.05 bits per heavy atom.